The number of nitrogens with zero attached hydrogens (tertiary/aromatic N) is 1. The van der Waals surface area contributed by atoms with Crippen LogP contribution >= 0.6 is 0 Å². The van der Waals surface area contributed by atoms with Crippen molar-refractivity contribution in [3.63, 3.8) is 0 Å². The molecule has 0 amide bonds. The Morgan fingerprint density at radius 3 is 2.38 bits per heavy atom. The zero-order valence-electron chi connectivity index (χ0n) is 8.55. The van der Waals surface area contributed by atoms with Gasteiger partial charge in [0.15, 0.2) is 0 Å². The van der Waals surface area contributed by atoms with Crippen LogP contribution in [0.5, 0.6) is 0 Å². The molecule has 76 valence electrons. The molecule has 0 unspecified atom stereocenters. The number of rotatable bonds is 1. The molecule has 0 saturated heterocycles. The number of Topliss-reactive ketones (excluding diaryl/α,β-unsaturated/α-hetero) is 1. The SMILES string of the molecule is O=C(C#Cc1ccccc1)c1ccncc1. The first kappa shape index (κ1) is 10.1. The topological polar surface area (TPSA) is 30.0 Å². The molecule has 0 spiro atoms. The lowest BCUT2D eigenvalue weighted by Crippen LogP contribution is -1.94. The lowest BCUT2D eigenvalue weighted by atomic mass is 10.1. The summed E-state index contributed by atoms with van der Waals surface area (Å²) in [5.41, 5.74) is 1.41. The molecular weight excluding hydrogens is 198 g/mol. The first-order chi connectivity index (χ1) is 7.86. The molecule has 0 fully saturated rings. The molecule has 1 aromatic heterocycles. The third kappa shape index (κ3) is 2.55. The van der Waals surface area contributed by atoms with Gasteiger partial charge in [-0.25, -0.2) is 0 Å². The summed E-state index contributed by atoms with van der Waals surface area (Å²) in [6.45, 7) is 0. The van der Waals surface area contributed by atoms with Gasteiger partial charge in [-0.2, -0.15) is 0 Å². The Hall–Kier alpha value is -2.40. The van der Waals surface area contributed by atoms with Crippen LogP contribution < -0.4 is 0 Å². The minimum Gasteiger partial charge on any atom is -0.279 e. The van der Waals surface area contributed by atoms with Crippen LogP contribution in [0.2, 0.25) is 0 Å². The number of benzene rings is 1. The van der Waals surface area contributed by atoms with Gasteiger partial charge in [-0.1, -0.05) is 24.1 Å². The molecule has 0 aliphatic carbocycles. The van der Waals surface area contributed by atoms with Gasteiger partial charge in [-0.15, -0.1) is 0 Å². The number of carbonyl (C=O) groups excluding carboxylic acids is 1. The summed E-state index contributed by atoms with van der Waals surface area (Å²) in [5, 5.41) is 0. The second-order valence-electron chi connectivity index (χ2n) is 3.18. The maximum atomic E-state index is 11.6. The van der Waals surface area contributed by atoms with Crippen molar-refractivity contribution in [3.05, 3.63) is 66.0 Å². The number of hydrogen-bond donors (Lipinski definition) is 0. The largest absolute Gasteiger partial charge is 0.279 e. The van der Waals surface area contributed by atoms with Crippen LogP contribution in [0.15, 0.2) is 54.9 Å². The van der Waals surface area contributed by atoms with Gasteiger partial charge in [-0.05, 0) is 30.2 Å². The molecule has 0 aliphatic rings. The van der Waals surface area contributed by atoms with Crippen molar-refractivity contribution in [1.82, 2.24) is 4.98 Å². The van der Waals surface area contributed by atoms with Crippen LogP contribution in [0.1, 0.15) is 15.9 Å². The van der Waals surface area contributed by atoms with E-state index in [1.807, 2.05) is 30.3 Å². The number of hydrogen-bond acceptors (Lipinski definition) is 2. The summed E-state index contributed by atoms with van der Waals surface area (Å²) < 4.78 is 0. The van der Waals surface area contributed by atoms with Crippen LogP contribution in [0.3, 0.4) is 0 Å². The fourth-order valence-corrected chi connectivity index (χ4v) is 1.23. The lowest BCUT2D eigenvalue weighted by molar-refractivity contribution is 0.105. The minimum absolute atomic E-state index is 0.189. The van der Waals surface area contributed by atoms with E-state index in [1.54, 1.807) is 24.5 Å². The molecule has 16 heavy (non-hydrogen) atoms. The molecule has 1 heterocycles. The predicted octanol–water partition coefficient (Wildman–Crippen LogP) is 2.32. The van der Waals surface area contributed by atoms with E-state index in [2.05, 4.69) is 16.8 Å². The van der Waals surface area contributed by atoms with Crippen LogP contribution in [0.25, 0.3) is 0 Å². The van der Waals surface area contributed by atoms with Gasteiger partial charge >= 0.3 is 0 Å². The molecule has 2 rings (SSSR count). The van der Waals surface area contributed by atoms with Gasteiger partial charge in [0, 0.05) is 23.5 Å². The molecule has 2 nitrogen and oxygen atoms in total. The quantitative estimate of drug-likeness (QED) is 0.530. The highest BCUT2D eigenvalue weighted by atomic mass is 16.1. The van der Waals surface area contributed by atoms with Gasteiger partial charge in [0.1, 0.15) is 0 Å². The third-order valence-corrected chi connectivity index (χ3v) is 2.04. The molecule has 0 radical (unpaired) electrons. The van der Waals surface area contributed by atoms with E-state index in [0.29, 0.717) is 5.56 Å². The highest BCUT2D eigenvalue weighted by molar-refractivity contribution is 6.09. The molecule has 0 saturated carbocycles. The van der Waals surface area contributed by atoms with Crippen molar-refractivity contribution in [2.45, 2.75) is 0 Å². The predicted molar refractivity (Wildman–Crippen MR) is 61.9 cm³/mol. The van der Waals surface area contributed by atoms with Crippen LogP contribution in [0, 0.1) is 11.8 Å². The highest BCUT2D eigenvalue weighted by Gasteiger charge is 1.99. The summed E-state index contributed by atoms with van der Waals surface area (Å²) in [7, 11) is 0. The molecule has 0 N–H and O–H groups in total. The van der Waals surface area contributed by atoms with Crippen molar-refractivity contribution in [1.29, 1.82) is 0 Å². The van der Waals surface area contributed by atoms with E-state index in [0.717, 1.165) is 5.56 Å². The Bertz CT molecular complexity index is 535. The lowest BCUT2D eigenvalue weighted by Gasteiger charge is -1.90. The van der Waals surface area contributed by atoms with Crippen LogP contribution in [-0.4, -0.2) is 10.8 Å². The summed E-state index contributed by atoms with van der Waals surface area (Å²) in [5.74, 6) is 5.23. The highest BCUT2D eigenvalue weighted by Crippen LogP contribution is 1.98. The molecule has 0 atom stereocenters. The van der Waals surface area contributed by atoms with Crippen molar-refractivity contribution in [2.75, 3.05) is 0 Å². The number of carbonyl (C=O) groups is 1. The van der Waals surface area contributed by atoms with E-state index in [4.69, 9.17) is 0 Å². The molecule has 0 aliphatic heterocycles. The Labute approximate surface area is 94.0 Å². The average molecular weight is 207 g/mol. The van der Waals surface area contributed by atoms with Crippen molar-refractivity contribution < 1.29 is 4.79 Å². The molecule has 1 aromatic carbocycles. The smallest absolute Gasteiger partial charge is 0.236 e. The van der Waals surface area contributed by atoms with Gasteiger partial charge in [0.25, 0.3) is 0 Å². The van der Waals surface area contributed by atoms with E-state index in [1.165, 1.54) is 0 Å². The fraction of sp³-hybridized carbons (Fsp3) is 0. The summed E-state index contributed by atoms with van der Waals surface area (Å²) in [4.78, 5) is 15.5. The Balaban J connectivity index is 2.18. The Morgan fingerprint density at radius 2 is 1.69 bits per heavy atom. The zero-order chi connectivity index (χ0) is 11.2. The zero-order valence-corrected chi connectivity index (χ0v) is 8.55. The maximum absolute atomic E-state index is 11.6. The molecule has 2 heteroatoms. The first-order valence-corrected chi connectivity index (χ1v) is 4.88. The summed E-state index contributed by atoms with van der Waals surface area (Å²) in [6, 6.07) is 12.7. The van der Waals surface area contributed by atoms with Crippen molar-refractivity contribution >= 4 is 5.78 Å². The average Bonchev–Trinajstić information content (AvgIpc) is 2.38. The van der Waals surface area contributed by atoms with E-state index in [-0.39, 0.29) is 5.78 Å². The third-order valence-electron chi connectivity index (χ3n) is 2.04. The first-order valence-electron chi connectivity index (χ1n) is 4.88. The fourth-order valence-electron chi connectivity index (χ4n) is 1.23. The second kappa shape index (κ2) is 4.90. The molecule has 0 bridgehead atoms. The second-order valence-corrected chi connectivity index (χ2v) is 3.18. The van der Waals surface area contributed by atoms with E-state index < -0.39 is 0 Å². The Kier molecular flexibility index (Phi) is 3.10. The van der Waals surface area contributed by atoms with Crippen molar-refractivity contribution in [3.8, 4) is 11.8 Å². The van der Waals surface area contributed by atoms with Crippen LogP contribution in [-0.2, 0) is 0 Å². The summed E-state index contributed by atoms with van der Waals surface area (Å²) >= 11 is 0. The van der Waals surface area contributed by atoms with Crippen LogP contribution in [0.4, 0.5) is 0 Å². The monoisotopic (exact) mass is 207 g/mol. The van der Waals surface area contributed by atoms with Gasteiger partial charge in [0.05, 0.1) is 0 Å². The van der Waals surface area contributed by atoms with Gasteiger partial charge < -0.3 is 0 Å². The number of aromatic nitrogens is 1. The van der Waals surface area contributed by atoms with Gasteiger partial charge in [0.2, 0.25) is 5.78 Å². The van der Waals surface area contributed by atoms with Crippen molar-refractivity contribution in [2.24, 2.45) is 0 Å². The number of ketones is 1. The standard InChI is InChI=1S/C14H9NO/c16-14(13-8-10-15-11-9-13)7-6-12-4-2-1-3-5-12/h1-5,8-11H. The minimum atomic E-state index is -0.189. The normalized spacial score (nSPS) is 9.00. The number of pyridine rings is 1. The van der Waals surface area contributed by atoms with Gasteiger partial charge in [-0.3, -0.25) is 9.78 Å². The maximum Gasteiger partial charge on any atom is 0.236 e. The van der Waals surface area contributed by atoms with E-state index in [9.17, 15) is 4.79 Å². The molecule has 2 aromatic rings. The molecular formula is C14H9NO. The van der Waals surface area contributed by atoms with E-state index >= 15 is 0 Å². The summed E-state index contributed by atoms with van der Waals surface area (Å²) in [6.07, 6.45) is 3.16. The Morgan fingerprint density at radius 1 is 1.00 bits per heavy atom.